The Morgan fingerprint density at radius 3 is 1.91 bits per heavy atom. The minimum Gasteiger partial charge on any atom is -0.432 e. The number of benzene rings is 3. The lowest BCUT2D eigenvalue weighted by molar-refractivity contribution is -0.222. The predicted molar refractivity (Wildman–Crippen MR) is 164 cm³/mol. The van der Waals surface area contributed by atoms with Crippen molar-refractivity contribution >= 4 is 0 Å². The smallest absolute Gasteiger partial charge is 0.400 e. The summed E-state index contributed by atoms with van der Waals surface area (Å²) in [6, 6.07) is 13.8. The molecular formula is C38H40F6O. The van der Waals surface area contributed by atoms with Gasteiger partial charge in [-0.15, -0.1) is 0 Å². The van der Waals surface area contributed by atoms with E-state index in [0.29, 0.717) is 36.5 Å². The van der Waals surface area contributed by atoms with Crippen molar-refractivity contribution in [1.29, 1.82) is 0 Å². The third-order valence-electron chi connectivity index (χ3n) is 9.66. The minimum absolute atomic E-state index is 0.0659. The van der Waals surface area contributed by atoms with Crippen LogP contribution in [0.3, 0.4) is 0 Å². The molecule has 5 rings (SSSR count). The van der Waals surface area contributed by atoms with E-state index in [9.17, 15) is 26.3 Å². The number of hydrogen-bond acceptors (Lipinski definition) is 1. The fourth-order valence-electron chi connectivity index (χ4n) is 6.93. The van der Waals surface area contributed by atoms with Gasteiger partial charge in [0.1, 0.15) is 11.6 Å². The van der Waals surface area contributed by atoms with Gasteiger partial charge in [-0.1, -0.05) is 62.6 Å². The van der Waals surface area contributed by atoms with Crippen molar-refractivity contribution in [3.8, 4) is 17.6 Å². The third kappa shape index (κ3) is 8.45. The van der Waals surface area contributed by atoms with Gasteiger partial charge in [-0.05, 0) is 105 Å². The fraction of sp³-hybridized carbons (Fsp3) is 0.474. The Hall–Kier alpha value is -3.40. The van der Waals surface area contributed by atoms with E-state index >= 15 is 0 Å². The standard InChI is InChI=1S/C38H40F6O/c1-2-3-4-5-25-6-13-29(14-7-25)31-17-16-30(34(39)22-31)15-10-26-8-11-27(12-9-26)28-18-20-32(21-19-28)38(43,44)45-33-23-35(40)37(42)36(41)24-33/h8-9,11-12,16-17,22-25,28-29,32H,2-7,13-14,18-21H2,1H3. The lowest BCUT2D eigenvalue weighted by Crippen LogP contribution is -2.37. The molecule has 2 aliphatic carbocycles. The lowest BCUT2D eigenvalue weighted by atomic mass is 9.77. The number of hydrogen-bond donors (Lipinski definition) is 0. The predicted octanol–water partition coefficient (Wildman–Crippen LogP) is 11.4. The highest BCUT2D eigenvalue weighted by molar-refractivity contribution is 5.45. The zero-order chi connectivity index (χ0) is 32.0. The Labute approximate surface area is 262 Å². The Morgan fingerprint density at radius 2 is 1.29 bits per heavy atom. The van der Waals surface area contributed by atoms with E-state index in [4.69, 9.17) is 0 Å². The molecule has 0 heterocycles. The number of halogens is 6. The molecule has 1 nitrogen and oxygen atoms in total. The molecule has 7 heteroatoms. The van der Waals surface area contributed by atoms with Crippen LogP contribution in [0.15, 0.2) is 54.6 Å². The number of ether oxygens (including phenoxy) is 1. The SMILES string of the molecule is CCCCCC1CCC(c2ccc(C#Cc3ccc(C4CCC(C(F)(F)Oc5cc(F)c(F)c(F)c5)CC4)cc3)c(F)c2)CC1. The van der Waals surface area contributed by atoms with Crippen LogP contribution < -0.4 is 4.74 Å². The van der Waals surface area contributed by atoms with Crippen molar-refractivity contribution in [2.75, 3.05) is 0 Å². The second-order valence-corrected chi connectivity index (χ2v) is 12.7. The average Bonchev–Trinajstić information content (AvgIpc) is 3.03. The van der Waals surface area contributed by atoms with Crippen LogP contribution in [-0.2, 0) is 0 Å². The van der Waals surface area contributed by atoms with Crippen LogP contribution in [0.2, 0.25) is 0 Å². The van der Waals surface area contributed by atoms with E-state index in [1.165, 1.54) is 38.5 Å². The Morgan fingerprint density at radius 1 is 0.689 bits per heavy atom. The highest BCUT2D eigenvalue weighted by atomic mass is 19.3. The molecule has 0 amide bonds. The maximum atomic E-state index is 15.0. The zero-order valence-electron chi connectivity index (χ0n) is 25.7. The Balaban J connectivity index is 1.12. The largest absolute Gasteiger partial charge is 0.432 e. The Kier molecular flexibility index (Phi) is 10.8. The first-order valence-corrected chi connectivity index (χ1v) is 16.3. The summed E-state index contributed by atoms with van der Waals surface area (Å²) in [5.74, 6) is 0.204. The van der Waals surface area contributed by atoms with E-state index in [0.717, 1.165) is 35.4 Å². The summed E-state index contributed by atoms with van der Waals surface area (Å²) in [4.78, 5) is 0. The second kappa shape index (κ2) is 14.8. The summed E-state index contributed by atoms with van der Waals surface area (Å²) < 4.78 is 89.2. The van der Waals surface area contributed by atoms with Gasteiger partial charge in [0.2, 0.25) is 0 Å². The van der Waals surface area contributed by atoms with Crippen LogP contribution >= 0.6 is 0 Å². The second-order valence-electron chi connectivity index (χ2n) is 12.7. The van der Waals surface area contributed by atoms with Gasteiger partial charge in [0, 0.05) is 17.7 Å². The number of alkyl halides is 2. The van der Waals surface area contributed by atoms with Crippen LogP contribution in [0, 0.1) is 46.9 Å². The van der Waals surface area contributed by atoms with Crippen LogP contribution in [0.1, 0.15) is 118 Å². The van der Waals surface area contributed by atoms with Gasteiger partial charge in [0.25, 0.3) is 0 Å². The molecule has 0 spiro atoms. The maximum absolute atomic E-state index is 15.0. The van der Waals surface area contributed by atoms with Gasteiger partial charge in [-0.2, -0.15) is 8.78 Å². The van der Waals surface area contributed by atoms with Gasteiger partial charge in [-0.25, -0.2) is 17.6 Å². The molecule has 0 unspecified atom stereocenters. The van der Waals surface area contributed by atoms with Crippen molar-refractivity contribution < 1.29 is 31.1 Å². The van der Waals surface area contributed by atoms with Crippen LogP contribution in [0.4, 0.5) is 26.3 Å². The molecule has 45 heavy (non-hydrogen) atoms. The molecule has 0 aromatic heterocycles. The van der Waals surface area contributed by atoms with Crippen molar-refractivity contribution in [1.82, 2.24) is 0 Å². The van der Waals surface area contributed by atoms with Crippen molar-refractivity contribution in [2.24, 2.45) is 11.8 Å². The summed E-state index contributed by atoms with van der Waals surface area (Å²) in [5.41, 5.74) is 3.16. The van der Waals surface area contributed by atoms with Gasteiger partial charge in [-0.3, -0.25) is 0 Å². The molecule has 2 fully saturated rings. The quantitative estimate of drug-likeness (QED) is 0.0994. The van der Waals surface area contributed by atoms with E-state index in [1.54, 1.807) is 12.1 Å². The van der Waals surface area contributed by atoms with Crippen molar-refractivity contribution in [2.45, 2.75) is 102 Å². The first kappa shape index (κ1) is 33.0. The molecule has 2 aliphatic rings. The average molecular weight is 627 g/mol. The van der Waals surface area contributed by atoms with Crippen molar-refractivity contribution in [3.05, 3.63) is 100 Å². The van der Waals surface area contributed by atoms with Crippen LogP contribution in [-0.4, -0.2) is 6.11 Å². The third-order valence-corrected chi connectivity index (χ3v) is 9.66. The van der Waals surface area contributed by atoms with Gasteiger partial charge in [0.05, 0.1) is 11.5 Å². The van der Waals surface area contributed by atoms with E-state index in [2.05, 4.69) is 23.5 Å². The number of unbranched alkanes of at least 4 members (excludes halogenated alkanes) is 2. The molecule has 2 saturated carbocycles. The molecule has 0 atom stereocenters. The molecule has 0 N–H and O–H groups in total. The normalized spacial score (nSPS) is 22.0. The Bertz CT molecular complexity index is 1470. The molecule has 240 valence electrons. The summed E-state index contributed by atoms with van der Waals surface area (Å²) in [6.45, 7) is 2.23. The molecule has 0 aliphatic heterocycles. The molecular weight excluding hydrogens is 586 g/mol. The molecule has 0 radical (unpaired) electrons. The molecule has 0 bridgehead atoms. The van der Waals surface area contributed by atoms with Gasteiger partial charge in [0.15, 0.2) is 17.5 Å². The topological polar surface area (TPSA) is 9.23 Å². The first-order chi connectivity index (χ1) is 21.6. The first-order valence-electron chi connectivity index (χ1n) is 16.3. The van der Waals surface area contributed by atoms with Crippen LogP contribution in [0.5, 0.6) is 5.75 Å². The molecule has 0 saturated heterocycles. The summed E-state index contributed by atoms with van der Waals surface area (Å²) in [6.07, 6.45) is 7.47. The van der Waals surface area contributed by atoms with Crippen molar-refractivity contribution in [3.63, 3.8) is 0 Å². The zero-order valence-corrected chi connectivity index (χ0v) is 25.7. The molecule has 3 aromatic carbocycles. The highest BCUT2D eigenvalue weighted by Crippen LogP contribution is 2.43. The van der Waals surface area contributed by atoms with Gasteiger partial charge >= 0.3 is 6.11 Å². The summed E-state index contributed by atoms with van der Waals surface area (Å²) >= 11 is 0. The van der Waals surface area contributed by atoms with Gasteiger partial charge < -0.3 is 4.74 Å². The fourth-order valence-corrected chi connectivity index (χ4v) is 6.93. The monoisotopic (exact) mass is 626 g/mol. The minimum atomic E-state index is -3.65. The molecule has 3 aromatic rings. The lowest BCUT2D eigenvalue weighted by Gasteiger charge is -2.33. The summed E-state index contributed by atoms with van der Waals surface area (Å²) in [5, 5.41) is 0. The van der Waals surface area contributed by atoms with E-state index < -0.39 is 35.2 Å². The van der Waals surface area contributed by atoms with E-state index in [1.807, 2.05) is 30.3 Å². The van der Waals surface area contributed by atoms with Crippen LogP contribution in [0.25, 0.3) is 0 Å². The number of rotatable bonds is 9. The highest BCUT2D eigenvalue weighted by Gasteiger charge is 2.44. The maximum Gasteiger partial charge on any atom is 0.400 e. The van der Waals surface area contributed by atoms with E-state index in [-0.39, 0.29) is 24.6 Å². The summed E-state index contributed by atoms with van der Waals surface area (Å²) in [7, 11) is 0.